The van der Waals surface area contributed by atoms with Gasteiger partial charge in [-0.3, -0.25) is 4.79 Å². The Balaban J connectivity index is 2.07. The van der Waals surface area contributed by atoms with E-state index in [1.807, 2.05) is 6.07 Å². The lowest BCUT2D eigenvalue weighted by molar-refractivity contribution is -0.134. The van der Waals surface area contributed by atoms with Crippen LogP contribution in [0.2, 0.25) is 0 Å². The van der Waals surface area contributed by atoms with E-state index in [-0.39, 0.29) is 17.0 Å². The van der Waals surface area contributed by atoms with Gasteiger partial charge in [0.2, 0.25) is 0 Å². The zero-order valence-corrected chi connectivity index (χ0v) is 18.2. The maximum absolute atomic E-state index is 12.5. The number of sulfone groups is 1. The van der Waals surface area contributed by atoms with Gasteiger partial charge in [-0.25, -0.2) is 13.2 Å². The maximum atomic E-state index is 12.5. The van der Waals surface area contributed by atoms with Crippen molar-refractivity contribution < 1.29 is 32.2 Å². The number of benzene rings is 2. The summed E-state index contributed by atoms with van der Waals surface area (Å²) >= 11 is 0. The molecule has 0 heterocycles. The smallest absolute Gasteiger partial charge is 0.339 e. The average molecular weight is 435 g/mol. The minimum absolute atomic E-state index is 0.101. The molecular formula is C21H25NO7S. The van der Waals surface area contributed by atoms with Gasteiger partial charge in [0, 0.05) is 19.3 Å². The molecule has 0 fully saturated rings. The van der Waals surface area contributed by atoms with Gasteiger partial charge >= 0.3 is 5.97 Å². The molecule has 0 bridgehead atoms. The van der Waals surface area contributed by atoms with E-state index in [2.05, 4.69) is 0 Å². The van der Waals surface area contributed by atoms with Crippen LogP contribution in [0.25, 0.3) is 0 Å². The van der Waals surface area contributed by atoms with Crippen molar-refractivity contribution in [2.24, 2.45) is 0 Å². The molecule has 0 unspecified atom stereocenters. The molecular weight excluding hydrogens is 410 g/mol. The Morgan fingerprint density at radius 2 is 1.67 bits per heavy atom. The van der Waals surface area contributed by atoms with E-state index in [9.17, 15) is 18.0 Å². The fourth-order valence-electron chi connectivity index (χ4n) is 2.83. The van der Waals surface area contributed by atoms with Crippen molar-refractivity contribution in [2.75, 3.05) is 33.6 Å². The monoisotopic (exact) mass is 435 g/mol. The van der Waals surface area contributed by atoms with Crippen LogP contribution in [0.4, 0.5) is 0 Å². The minimum atomic E-state index is -3.61. The lowest BCUT2D eigenvalue weighted by Crippen LogP contribution is -2.34. The van der Waals surface area contributed by atoms with Crippen molar-refractivity contribution in [1.82, 2.24) is 4.90 Å². The molecule has 30 heavy (non-hydrogen) atoms. The lowest BCUT2D eigenvalue weighted by Gasteiger charge is -2.21. The average Bonchev–Trinajstić information content (AvgIpc) is 2.74. The summed E-state index contributed by atoms with van der Waals surface area (Å²) in [6, 6.07) is 11.0. The zero-order chi connectivity index (χ0) is 22.3. The first-order chi connectivity index (χ1) is 14.2. The Hall–Kier alpha value is -3.07. The second-order valence-corrected chi connectivity index (χ2v) is 8.43. The standard InChI is InChI=1S/C21H25NO7S/c1-5-22(13-15-10-11-17(27-2)18(12-15)28-3)20(23)14-29-21(24)16-8-6-7-9-19(16)30(4,25)26/h6-12H,5,13-14H2,1-4H3. The van der Waals surface area contributed by atoms with Gasteiger partial charge in [-0.15, -0.1) is 0 Å². The number of methoxy groups -OCH3 is 2. The van der Waals surface area contributed by atoms with Crippen molar-refractivity contribution in [3.05, 3.63) is 53.6 Å². The van der Waals surface area contributed by atoms with Crippen molar-refractivity contribution in [3.8, 4) is 11.5 Å². The van der Waals surface area contributed by atoms with Gasteiger partial charge < -0.3 is 19.1 Å². The van der Waals surface area contributed by atoms with Gasteiger partial charge in [0.25, 0.3) is 5.91 Å². The summed E-state index contributed by atoms with van der Waals surface area (Å²) in [7, 11) is -0.546. The molecule has 0 aliphatic rings. The molecule has 0 spiro atoms. The molecule has 2 aromatic carbocycles. The number of hydrogen-bond acceptors (Lipinski definition) is 7. The van der Waals surface area contributed by atoms with Gasteiger partial charge in [0.1, 0.15) is 0 Å². The van der Waals surface area contributed by atoms with Crippen molar-refractivity contribution >= 4 is 21.7 Å². The van der Waals surface area contributed by atoms with Crippen LogP contribution >= 0.6 is 0 Å². The molecule has 0 atom stereocenters. The molecule has 0 radical (unpaired) electrons. The fraction of sp³-hybridized carbons (Fsp3) is 0.333. The molecule has 2 rings (SSSR count). The van der Waals surface area contributed by atoms with E-state index in [4.69, 9.17) is 14.2 Å². The van der Waals surface area contributed by atoms with Crippen molar-refractivity contribution in [3.63, 3.8) is 0 Å². The molecule has 9 heteroatoms. The summed E-state index contributed by atoms with van der Waals surface area (Å²) in [5, 5.41) is 0. The van der Waals surface area contributed by atoms with Crippen molar-refractivity contribution in [1.29, 1.82) is 0 Å². The first kappa shape index (κ1) is 23.2. The summed E-state index contributed by atoms with van der Waals surface area (Å²) in [5.74, 6) is -0.152. The predicted octanol–water partition coefficient (Wildman–Crippen LogP) is 2.31. The highest BCUT2D eigenvalue weighted by atomic mass is 32.2. The highest BCUT2D eigenvalue weighted by Gasteiger charge is 2.21. The summed E-state index contributed by atoms with van der Waals surface area (Å²) in [5.41, 5.74) is 0.715. The first-order valence-corrected chi connectivity index (χ1v) is 11.0. The summed E-state index contributed by atoms with van der Waals surface area (Å²) in [4.78, 5) is 26.3. The number of carbonyl (C=O) groups excluding carboxylic acids is 2. The van der Waals surface area contributed by atoms with E-state index < -0.39 is 28.3 Å². The summed E-state index contributed by atoms with van der Waals surface area (Å²) < 4.78 is 39.3. The van der Waals surface area contributed by atoms with Crippen LogP contribution in [0.3, 0.4) is 0 Å². The number of ether oxygens (including phenoxy) is 3. The van der Waals surface area contributed by atoms with Crippen LogP contribution in [-0.2, 0) is 25.9 Å². The predicted molar refractivity (Wildman–Crippen MR) is 110 cm³/mol. The minimum Gasteiger partial charge on any atom is -0.493 e. The lowest BCUT2D eigenvalue weighted by atomic mass is 10.2. The van der Waals surface area contributed by atoms with E-state index in [0.717, 1.165) is 11.8 Å². The summed E-state index contributed by atoms with van der Waals surface area (Å²) in [6.45, 7) is 1.98. The maximum Gasteiger partial charge on any atom is 0.339 e. The van der Waals surface area contributed by atoms with Crippen molar-refractivity contribution in [2.45, 2.75) is 18.4 Å². The SMILES string of the molecule is CCN(Cc1ccc(OC)c(OC)c1)C(=O)COC(=O)c1ccccc1S(C)(=O)=O. The molecule has 2 aromatic rings. The Kier molecular flexibility index (Phi) is 7.82. The number of esters is 1. The second kappa shape index (κ2) is 10.1. The number of nitrogens with zero attached hydrogens (tertiary/aromatic N) is 1. The Morgan fingerprint density at radius 1 is 1.00 bits per heavy atom. The van der Waals surface area contributed by atoms with Crippen LogP contribution in [-0.4, -0.2) is 58.8 Å². The summed E-state index contributed by atoms with van der Waals surface area (Å²) in [6.07, 6.45) is 1.01. The normalized spacial score (nSPS) is 10.9. The third kappa shape index (κ3) is 5.73. The Labute approximate surface area is 176 Å². The highest BCUT2D eigenvalue weighted by molar-refractivity contribution is 7.90. The van der Waals surface area contributed by atoms with Gasteiger partial charge in [-0.05, 0) is 36.8 Å². The van der Waals surface area contributed by atoms with E-state index >= 15 is 0 Å². The van der Waals surface area contributed by atoms with Crippen LogP contribution in [0.5, 0.6) is 11.5 Å². The second-order valence-electron chi connectivity index (χ2n) is 6.44. The van der Waals surface area contributed by atoms with Gasteiger partial charge in [-0.2, -0.15) is 0 Å². The molecule has 0 saturated carbocycles. The molecule has 1 amide bonds. The molecule has 0 aromatic heterocycles. The number of hydrogen-bond donors (Lipinski definition) is 0. The van der Waals surface area contributed by atoms with Crippen LogP contribution in [0.15, 0.2) is 47.4 Å². The van der Waals surface area contributed by atoms with Crippen LogP contribution in [0.1, 0.15) is 22.8 Å². The fourth-order valence-corrected chi connectivity index (χ4v) is 3.71. The number of rotatable bonds is 9. The molecule has 0 N–H and O–H groups in total. The topological polar surface area (TPSA) is 99.2 Å². The third-order valence-corrected chi connectivity index (χ3v) is 5.54. The Morgan fingerprint density at radius 3 is 2.27 bits per heavy atom. The van der Waals surface area contributed by atoms with E-state index in [0.29, 0.717) is 18.0 Å². The molecule has 0 saturated heterocycles. The zero-order valence-electron chi connectivity index (χ0n) is 17.4. The van der Waals surface area contributed by atoms with Gasteiger partial charge in [0.05, 0.1) is 24.7 Å². The highest BCUT2D eigenvalue weighted by Crippen LogP contribution is 2.28. The Bertz CT molecular complexity index is 1020. The number of carbonyl (C=O) groups is 2. The van der Waals surface area contributed by atoms with Gasteiger partial charge in [-0.1, -0.05) is 18.2 Å². The van der Waals surface area contributed by atoms with E-state index in [1.54, 1.807) is 19.1 Å². The number of amides is 1. The first-order valence-electron chi connectivity index (χ1n) is 9.16. The third-order valence-electron chi connectivity index (χ3n) is 4.39. The molecule has 8 nitrogen and oxygen atoms in total. The van der Waals surface area contributed by atoms with Gasteiger partial charge in [0.15, 0.2) is 27.9 Å². The largest absolute Gasteiger partial charge is 0.493 e. The van der Waals surface area contributed by atoms with E-state index in [1.165, 1.54) is 43.4 Å². The quantitative estimate of drug-likeness (QED) is 0.557. The molecule has 0 aliphatic heterocycles. The van der Waals surface area contributed by atoms with Crippen LogP contribution in [0, 0.1) is 0 Å². The number of likely N-dealkylation sites (N-methyl/N-ethyl adjacent to an activating group) is 1. The van der Waals surface area contributed by atoms with Crippen LogP contribution < -0.4 is 9.47 Å². The molecule has 0 aliphatic carbocycles. The molecule has 162 valence electrons.